The van der Waals surface area contributed by atoms with E-state index in [1.807, 2.05) is 0 Å². The molecule has 1 fully saturated rings. The molecule has 4 nitrogen and oxygen atoms in total. The summed E-state index contributed by atoms with van der Waals surface area (Å²) in [5.74, 6) is -0.301. The molecule has 0 bridgehead atoms. The molecule has 17 heavy (non-hydrogen) atoms. The summed E-state index contributed by atoms with van der Waals surface area (Å²) in [5.41, 5.74) is 5.69. The van der Waals surface area contributed by atoms with Gasteiger partial charge in [-0.15, -0.1) is 0 Å². The Hall–Kier alpha value is -1.26. The van der Waals surface area contributed by atoms with Gasteiger partial charge >= 0.3 is 0 Å². The van der Waals surface area contributed by atoms with Crippen LogP contribution in [-0.4, -0.2) is 23.2 Å². The molecule has 0 unspecified atom stereocenters. The number of hydrogen-bond acceptors (Lipinski definition) is 3. The van der Waals surface area contributed by atoms with Crippen molar-refractivity contribution >= 4 is 23.2 Å². The van der Waals surface area contributed by atoms with E-state index in [0.717, 1.165) is 19.3 Å². The van der Waals surface area contributed by atoms with Crippen molar-refractivity contribution < 1.29 is 9.90 Å². The number of halogens is 1. The lowest BCUT2D eigenvalue weighted by molar-refractivity contribution is -0.0300. The van der Waals surface area contributed by atoms with Crippen molar-refractivity contribution in [1.82, 2.24) is 5.32 Å². The molecule has 1 aliphatic rings. The molecule has 1 aromatic rings. The topological polar surface area (TPSA) is 75.4 Å². The van der Waals surface area contributed by atoms with E-state index in [1.54, 1.807) is 12.1 Å². The number of aliphatic hydroxyl groups is 1. The van der Waals surface area contributed by atoms with Crippen molar-refractivity contribution in [2.75, 3.05) is 12.3 Å². The number of rotatable bonds is 3. The number of anilines is 1. The molecule has 0 radical (unpaired) electrons. The highest BCUT2D eigenvalue weighted by Crippen LogP contribution is 2.30. The fraction of sp³-hybridized carbons (Fsp3) is 0.417. The molecular formula is C12H15ClN2O2. The Morgan fingerprint density at radius 1 is 1.53 bits per heavy atom. The number of amides is 1. The van der Waals surface area contributed by atoms with Gasteiger partial charge in [-0.05, 0) is 37.5 Å². The highest BCUT2D eigenvalue weighted by molar-refractivity contribution is 6.31. The monoisotopic (exact) mass is 254 g/mol. The van der Waals surface area contributed by atoms with Gasteiger partial charge in [0.2, 0.25) is 0 Å². The lowest BCUT2D eigenvalue weighted by atomic mass is 9.80. The Morgan fingerprint density at radius 3 is 2.82 bits per heavy atom. The maximum absolute atomic E-state index is 11.8. The Bertz CT molecular complexity index is 444. The summed E-state index contributed by atoms with van der Waals surface area (Å²) in [4.78, 5) is 11.8. The molecular weight excluding hydrogens is 240 g/mol. The second kappa shape index (κ2) is 4.55. The number of carbonyl (C=O) groups is 1. The van der Waals surface area contributed by atoms with Crippen LogP contribution in [0.3, 0.4) is 0 Å². The average molecular weight is 255 g/mol. The minimum atomic E-state index is -0.733. The Morgan fingerprint density at radius 2 is 2.24 bits per heavy atom. The van der Waals surface area contributed by atoms with Crippen LogP contribution >= 0.6 is 11.6 Å². The van der Waals surface area contributed by atoms with Crippen LogP contribution < -0.4 is 11.1 Å². The minimum Gasteiger partial charge on any atom is -0.398 e. The van der Waals surface area contributed by atoms with E-state index in [1.165, 1.54) is 6.07 Å². The Balaban J connectivity index is 2.01. The molecule has 0 saturated heterocycles. The number of nitrogens with one attached hydrogen (secondary N) is 1. The SMILES string of the molecule is Nc1ccc(Cl)cc1C(=O)NCC1(O)CCC1. The van der Waals surface area contributed by atoms with Gasteiger partial charge in [-0.3, -0.25) is 4.79 Å². The fourth-order valence-corrected chi connectivity index (χ4v) is 2.00. The van der Waals surface area contributed by atoms with E-state index < -0.39 is 5.60 Å². The van der Waals surface area contributed by atoms with Crippen LogP contribution in [0.25, 0.3) is 0 Å². The molecule has 0 atom stereocenters. The van der Waals surface area contributed by atoms with Gasteiger partial charge in [-0.2, -0.15) is 0 Å². The maximum atomic E-state index is 11.8. The van der Waals surface area contributed by atoms with E-state index in [9.17, 15) is 9.90 Å². The smallest absolute Gasteiger partial charge is 0.253 e. The predicted octanol–water partition coefficient (Wildman–Crippen LogP) is 1.57. The van der Waals surface area contributed by atoms with Crippen molar-refractivity contribution in [3.63, 3.8) is 0 Å². The number of benzene rings is 1. The van der Waals surface area contributed by atoms with E-state index in [-0.39, 0.29) is 12.5 Å². The van der Waals surface area contributed by atoms with E-state index in [0.29, 0.717) is 16.3 Å². The van der Waals surface area contributed by atoms with Crippen LogP contribution in [0.4, 0.5) is 5.69 Å². The molecule has 5 heteroatoms. The third-order valence-electron chi connectivity index (χ3n) is 3.12. The van der Waals surface area contributed by atoms with Crippen LogP contribution in [0, 0.1) is 0 Å². The van der Waals surface area contributed by atoms with Gasteiger partial charge in [-0.1, -0.05) is 11.6 Å². The third-order valence-corrected chi connectivity index (χ3v) is 3.36. The van der Waals surface area contributed by atoms with Gasteiger partial charge in [-0.25, -0.2) is 0 Å². The molecule has 0 spiro atoms. The number of carbonyl (C=O) groups excluding carboxylic acids is 1. The molecule has 1 aromatic carbocycles. The highest BCUT2D eigenvalue weighted by Gasteiger charge is 2.34. The molecule has 92 valence electrons. The highest BCUT2D eigenvalue weighted by atomic mass is 35.5. The standard InChI is InChI=1S/C12H15ClN2O2/c13-8-2-3-10(14)9(6-8)11(16)15-7-12(17)4-1-5-12/h2-3,6,17H,1,4-5,7,14H2,(H,15,16). The maximum Gasteiger partial charge on any atom is 0.253 e. The fourth-order valence-electron chi connectivity index (χ4n) is 1.83. The third kappa shape index (κ3) is 2.70. The molecule has 2 rings (SSSR count). The zero-order valence-electron chi connectivity index (χ0n) is 9.37. The Labute approximate surface area is 105 Å². The molecule has 0 aromatic heterocycles. The van der Waals surface area contributed by atoms with Crippen LogP contribution in [0.5, 0.6) is 0 Å². The zero-order chi connectivity index (χ0) is 12.5. The lowest BCUT2D eigenvalue weighted by Crippen LogP contribution is -2.47. The largest absolute Gasteiger partial charge is 0.398 e. The first-order chi connectivity index (χ1) is 8.00. The molecule has 4 N–H and O–H groups in total. The van der Waals surface area contributed by atoms with Gasteiger partial charge in [0.1, 0.15) is 0 Å². The van der Waals surface area contributed by atoms with Crippen molar-refractivity contribution in [1.29, 1.82) is 0 Å². The first-order valence-corrected chi connectivity index (χ1v) is 5.94. The van der Waals surface area contributed by atoms with Crippen molar-refractivity contribution in [2.24, 2.45) is 0 Å². The summed E-state index contributed by atoms with van der Waals surface area (Å²) in [6, 6.07) is 4.75. The van der Waals surface area contributed by atoms with E-state index in [2.05, 4.69) is 5.32 Å². The van der Waals surface area contributed by atoms with Crippen molar-refractivity contribution in [2.45, 2.75) is 24.9 Å². The summed E-state index contributed by atoms with van der Waals surface area (Å²) in [6.07, 6.45) is 2.47. The van der Waals surface area contributed by atoms with Gasteiger partial charge < -0.3 is 16.2 Å². The number of nitrogens with two attached hydrogens (primary N) is 1. The van der Waals surface area contributed by atoms with E-state index in [4.69, 9.17) is 17.3 Å². The van der Waals surface area contributed by atoms with Gasteiger partial charge in [0.05, 0.1) is 11.2 Å². The van der Waals surface area contributed by atoms with Gasteiger partial charge in [0, 0.05) is 17.3 Å². The molecule has 1 amide bonds. The van der Waals surface area contributed by atoms with Gasteiger partial charge in [0.15, 0.2) is 0 Å². The summed E-state index contributed by atoms with van der Waals surface area (Å²) >= 11 is 5.80. The van der Waals surface area contributed by atoms with Crippen LogP contribution in [0.1, 0.15) is 29.6 Å². The van der Waals surface area contributed by atoms with Crippen LogP contribution in [0.2, 0.25) is 5.02 Å². The van der Waals surface area contributed by atoms with Crippen molar-refractivity contribution in [3.05, 3.63) is 28.8 Å². The van der Waals surface area contributed by atoms with Crippen LogP contribution in [0.15, 0.2) is 18.2 Å². The van der Waals surface area contributed by atoms with Crippen molar-refractivity contribution in [3.8, 4) is 0 Å². The Kier molecular flexibility index (Phi) is 3.26. The molecule has 1 aliphatic carbocycles. The number of nitrogen functional groups attached to an aromatic ring is 1. The van der Waals surface area contributed by atoms with Gasteiger partial charge in [0.25, 0.3) is 5.91 Å². The molecule has 1 saturated carbocycles. The molecule has 0 aliphatic heterocycles. The summed E-state index contributed by atoms with van der Waals surface area (Å²) in [7, 11) is 0. The second-order valence-corrected chi connectivity index (χ2v) is 4.93. The van der Waals surface area contributed by atoms with E-state index >= 15 is 0 Å². The zero-order valence-corrected chi connectivity index (χ0v) is 10.1. The minimum absolute atomic E-state index is 0.262. The summed E-state index contributed by atoms with van der Waals surface area (Å²) in [6.45, 7) is 0.262. The normalized spacial score (nSPS) is 17.3. The average Bonchev–Trinajstić information content (AvgIpc) is 2.26. The second-order valence-electron chi connectivity index (χ2n) is 4.49. The summed E-state index contributed by atoms with van der Waals surface area (Å²) < 4.78 is 0. The molecule has 0 heterocycles. The van der Waals surface area contributed by atoms with Crippen LogP contribution in [-0.2, 0) is 0 Å². The first kappa shape index (κ1) is 12.2. The predicted molar refractivity (Wildman–Crippen MR) is 67.0 cm³/mol. The quantitative estimate of drug-likeness (QED) is 0.717. The summed E-state index contributed by atoms with van der Waals surface area (Å²) in [5, 5.41) is 13.0. The number of hydrogen-bond donors (Lipinski definition) is 3. The first-order valence-electron chi connectivity index (χ1n) is 5.56. The lowest BCUT2D eigenvalue weighted by Gasteiger charge is -2.36.